The highest BCUT2D eigenvalue weighted by atomic mass is 32.1. The average Bonchev–Trinajstić information content (AvgIpc) is 3.49. The predicted octanol–water partition coefficient (Wildman–Crippen LogP) is 6.36. The quantitative estimate of drug-likeness (QED) is 0.302. The highest BCUT2D eigenvalue weighted by Crippen LogP contribution is 2.28. The zero-order valence-corrected chi connectivity index (χ0v) is 19.6. The minimum Gasteiger partial charge on any atom is -0.332 e. The van der Waals surface area contributed by atoms with Crippen molar-refractivity contribution in [2.24, 2.45) is 0 Å². The maximum Gasteiger partial charge on any atom is 0.187 e. The Morgan fingerprint density at radius 1 is 1.06 bits per heavy atom. The summed E-state index contributed by atoms with van der Waals surface area (Å²) in [5, 5.41) is 6.07. The van der Waals surface area contributed by atoms with Crippen LogP contribution in [0.3, 0.4) is 0 Å². The van der Waals surface area contributed by atoms with Crippen LogP contribution in [-0.4, -0.2) is 25.1 Å². The fraction of sp³-hybridized carbons (Fsp3) is 0.154. The summed E-state index contributed by atoms with van der Waals surface area (Å²) in [7, 11) is 0. The van der Waals surface area contributed by atoms with Crippen LogP contribution in [0.5, 0.6) is 0 Å². The van der Waals surface area contributed by atoms with Gasteiger partial charge >= 0.3 is 0 Å². The lowest BCUT2D eigenvalue weighted by Crippen LogP contribution is -2.06. The maximum absolute atomic E-state index is 12.8. The Labute approximate surface area is 197 Å². The number of fused-ring (bicyclic) bond motifs is 1. The van der Waals surface area contributed by atoms with Gasteiger partial charge in [-0.2, -0.15) is 0 Å². The number of Topliss-reactive ketones (excluding diaryl/α,β-unsaturated/α-hetero) is 1. The molecule has 0 atom stereocenters. The molecule has 0 aliphatic rings. The van der Waals surface area contributed by atoms with Crippen LogP contribution in [-0.2, 0) is 6.42 Å². The normalized spacial score (nSPS) is 10.5. The fourth-order valence-corrected chi connectivity index (χ4v) is 4.17. The Morgan fingerprint density at radius 3 is 2.79 bits per heavy atom. The van der Waals surface area contributed by atoms with E-state index in [1.165, 1.54) is 11.3 Å². The van der Waals surface area contributed by atoms with Crippen molar-refractivity contribution in [3.05, 3.63) is 95.4 Å². The molecule has 0 aliphatic heterocycles. The third-order valence-corrected chi connectivity index (χ3v) is 5.84. The Bertz CT molecular complexity index is 1390. The van der Waals surface area contributed by atoms with Crippen LogP contribution in [0, 0.1) is 6.92 Å². The molecule has 33 heavy (non-hydrogen) atoms. The number of rotatable bonds is 6. The van der Waals surface area contributed by atoms with E-state index in [1.807, 2.05) is 97.5 Å². The van der Waals surface area contributed by atoms with Crippen LogP contribution >= 0.6 is 11.3 Å². The van der Waals surface area contributed by atoms with Crippen molar-refractivity contribution in [2.45, 2.75) is 27.2 Å². The van der Waals surface area contributed by atoms with E-state index in [-0.39, 0.29) is 5.78 Å². The van der Waals surface area contributed by atoms with Crippen molar-refractivity contribution in [1.82, 2.24) is 19.4 Å². The van der Waals surface area contributed by atoms with Gasteiger partial charge in [-0.15, -0.1) is 11.3 Å². The van der Waals surface area contributed by atoms with E-state index >= 15 is 0 Å². The standard InChI is InChI=1S/C24H19N5OS.C2H6/c1-16-17(7-5-10-25-16)13-22(30)18-6-4-8-19(12-18)27-24-28-20(15-31-24)21-14-26-23-9-2-3-11-29(21)23;1-2/h2-12,14-15H,13H2,1H3,(H,27,28);1-2H3. The molecule has 0 spiro atoms. The smallest absolute Gasteiger partial charge is 0.187 e. The van der Waals surface area contributed by atoms with Crippen LogP contribution < -0.4 is 5.32 Å². The Morgan fingerprint density at radius 2 is 1.94 bits per heavy atom. The number of nitrogens with one attached hydrogen (secondary N) is 1. The van der Waals surface area contributed by atoms with Gasteiger partial charge in [0.15, 0.2) is 10.9 Å². The van der Waals surface area contributed by atoms with Crippen LogP contribution in [0.25, 0.3) is 17.0 Å². The topological polar surface area (TPSA) is 72.2 Å². The lowest BCUT2D eigenvalue weighted by atomic mass is 10.0. The third-order valence-electron chi connectivity index (χ3n) is 5.09. The number of thiazole rings is 1. The molecule has 5 aromatic rings. The van der Waals surface area contributed by atoms with Crippen molar-refractivity contribution >= 4 is 33.6 Å². The molecular formula is C26H25N5OS. The number of imidazole rings is 1. The van der Waals surface area contributed by atoms with Gasteiger partial charge in [0, 0.05) is 41.1 Å². The molecule has 5 rings (SSSR count). The molecule has 0 saturated carbocycles. The summed E-state index contributed by atoms with van der Waals surface area (Å²) in [6.45, 7) is 5.92. The summed E-state index contributed by atoms with van der Waals surface area (Å²) >= 11 is 1.51. The van der Waals surface area contributed by atoms with Gasteiger partial charge in [-0.1, -0.05) is 38.1 Å². The molecule has 0 saturated heterocycles. The molecule has 7 heteroatoms. The third kappa shape index (κ3) is 4.99. The monoisotopic (exact) mass is 455 g/mol. The molecule has 0 radical (unpaired) electrons. The van der Waals surface area contributed by atoms with Crippen LogP contribution in [0.2, 0.25) is 0 Å². The number of pyridine rings is 2. The summed E-state index contributed by atoms with van der Waals surface area (Å²) < 4.78 is 2.01. The second kappa shape index (κ2) is 10.2. The van der Waals surface area contributed by atoms with E-state index in [9.17, 15) is 4.79 Å². The number of aryl methyl sites for hydroxylation is 1. The fourth-order valence-electron chi connectivity index (χ4n) is 3.44. The van der Waals surface area contributed by atoms with Crippen LogP contribution in [0.1, 0.15) is 35.5 Å². The lowest BCUT2D eigenvalue weighted by molar-refractivity contribution is 0.0992. The van der Waals surface area contributed by atoms with E-state index in [2.05, 4.69) is 15.3 Å². The molecule has 166 valence electrons. The largest absolute Gasteiger partial charge is 0.332 e. The van der Waals surface area contributed by atoms with E-state index in [0.717, 1.165) is 39.1 Å². The molecule has 1 aromatic carbocycles. The Hall–Kier alpha value is -3.84. The summed E-state index contributed by atoms with van der Waals surface area (Å²) in [5.41, 5.74) is 5.99. The van der Waals surface area contributed by atoms with Gasteiger partial charge < -0.3 is 5.32 Å². The van der Waals surface area contributed by atoms with Gasteiger partial charge in [0.25, 0.3) is 0 Å². The van der Waals surface area contributed by atoms with Crippen LogP contribution in [0.4, 0.5) is 10.8 Å². The molecule has 4 aromatic heterocycles. The van der Waals surface area contributed by atoms with Crippen molar-refractivity contribution in [3.63, 3.8) is 0 Å². The second-order valence-corrected chi connectivity index (χ2v) is 8.02. The highest BCUT2D eigenvalue weighted by molar-refractivity contribution is 7.14. The van der Waals surface area contributed by atoms with Crippen LogP contribution in [0.15, 0.2) is 78.6 Å². The van der Waals surface area contributed by atoms with E-state index in [4.69, 9.17) is 4.98 Å². The first-order valence-corrected chi connectivity index (χ1v) is 11.7. The number of anilines is 2. The van der Waals surface area contributed by atoms with Gasteiger partial charge in [-0.3, -0.25) is 14.2 Å². The number of nitrogens with zero attached hydrogens (tertiary/aromatic N) is 4. The second-order valence-electron chi connectivity index (χ2n) is 7.16. The summed E-state index contributed by atoms with van der Waals surface area (Å²) in [5.74, 6) is 0.0605. The molecule has 0 bridgehead atoms. The Balaban J connectivity index is 0.00000126. The number of hydrogen-bond donors (Lipinski definition) is 1. The molecule has 0 fully saturated rings. The molecule has 1 N–H and O–H groups in total. The Kier molecular flexibility index (Phi) is 6.90. The number of hydrogen-bond acceptors (Lipinski definition) is 6. The first-order valence-electron chi connectivity index (χ1n) is 10.9. The van der Waals surface area contributed by atoms with E-state index in [1.54, 1.807) is 6.20 Å². The molecule has 4 heterocycles. The first kappa shape index (κ1) is 22.4. The van der Waals surface area contributed by atoms with Gasteiger partial charge in [0.05, 0.1) is 11.9 Å². The zero-order valence-electron chi connectivity index (χ0n) is 18.8. The van der Waals surface area contributed by atoms with E-state index < -0.39 is 0 Å². The first-order chi connectivity index (χ1) is 16.2. The van der Waals surface area contributed by atoms with Crippen molar-refractivity contribution in [3.8, 4) is 11.4 Å². The number of ketones is 1. The van der Waals surface area contributed by atoms with E-state index in [0.29, 0.717) is 12.0 Å². The van der Waals surface area contributed by atoms with Gasteiger partial charge in [0.2, 0.25) is 0 Å². The minimum absolute atomic E-state index is 0.0605. The number of carbonyl (C=O) groups excluding carboxylic acids is 1. The molecule has 0 amide bonds. The molecular weight excluding hydrogens is 430 g/mol. The number of aromatic nitrogens is 4. The maximum atomic E-state index is 12.8. The van der Waals surface area contributed by atoms with Crippen molar-refractivity contribution in [2.75, 3.05) is 5.32 Å². The van der Waals surface area contributed by atoms with Crippen molar-refractivity contribution in [1.29, 1.82) is 0 Å². The lowest BCUT2D eigenvalue weighted by Gasteiger charge is -2.07. The minimum atomic E-state index is 0.0605. The summed E-state index contributed by atoms with van der Waals surface area (Å²) in [4.78, 5) is 26.2. The number of benzene rings is 1. The zero-order chi connectivity index (χ0) is 23.2. The van der Waals surface area contributed by atoms with Gasteiger partial charge in [-0.05, 0) is 42.8 Å². The molecule has 0 unspecified atom stereocenters. The number of carbonyl (C=O) groups is 1. The summed E-state index contributed by atoms with van der Waals surface area (Å²) in [6, 6.07) is 17.2. The summed E-state index contributed by atoms with van der Waals surface area (Å²) in [6.07, 6.45) is 5.87. The predicted molar refractivity (Wildman–Crippen MR) is 134 cm³/mol. The van der Waals surface area contributed by atoms with Crippen molar-refractivity contribution < 1.29 is 4.79 Å². The molecule has 6 nitrogen and oxygen atoms in total. The SMILES string of the molecule is CC.Cc1ncccc1CC(=O)c1cccc(Nc2nc(-c3cnc4ccccn34)cs2)c1. The van der Waals surface area contributed by atoms with Gasteiger partial charge in [0.1, 0.15) is 11.3 Å². The average molecular weight is 456 g/mol. The molecule has 0 aliphatic carbocycles. The van der Waals surface area contributed by atoms with Gasteiger partial charge in [-0.25, -0.2) is 9.97 Å². The highest BCUT2D eigenvalue weighted by Gasteiger charge is 2.12.